The maximum Gasteiger partial charge on any atom is 0.311 e. The van der Waals surface area contributed by atoms with Crippen molar-refractivity contribution in [2.45, 2.75) is 24.4 Å². The third kappa shape index (κ3) is 4.58. The minimum Gasteiger partial charge on any atom is -0.394 e. The Morgan fingerprint density at radius 2 is 1.86 bits per heavy atom. The number of hydrogen-bond acceptors (Lipinski definition) is 9. The van der Waals surface area contributed by atoms with E-state index < -0.39 is 35.9 Å². The molecular weight excluding hydrogens is 286 g/mol. The molecule has 0 aliphatic carbocycles. The van der Waals surface area contributed by atoms with Crippen molar-refractivity contribution in [2.24, 2.45) is 0 Å². The molecule has 0 saturated heterocycles. The summed E-state index contributed by atoms with van der Waals surface area (Å²) in [5.41, 5.74) is -0.310. The first-order valence-electron chi connectivity index (χ1n) is 6.04. The molecule has 0 spiro atoms. The standard InChI is InChI=1S/C11H17N3O7/c15-5-8(17)10(19)9(18)7(16)4-13-11-6(14(20)21)2-1-3-12-11/h1-3,7-10,15-19H,4-5H2,(H,12,13)/t7-,8+,9+,10+/m0/s1. The van der Waals surface area contributed by atoms with E-state index in [1.54, 1.807) is 0 Å². The van der Waals surface area contributed by atoms with Crippen molar-refractivity contribution >= 4 is 11.5 Å². The lowest BCUT2D eigenvalue weighted by Gasteiger charge is -2.25. The van der Waals surface area contributed by atoms with Crippen molar-refractivity contribution < 1.29 is 30.5 Å². The monoisotopic (exact) mass is 303 g/mol. The van der Waals surface area contributed by atoms with Gasteiger partial charge >= 0.3 is 5.69 Å². The third-order valence-electron chi connectivity index (χ3n) is 2.79. The Bertz CT molecular complexity index is 473. The minimum atomic E-state index is -1.76. The molecule has 0 aliphatic rings. The molecule has 1 aromatic heterocycles. The molecule has 10 heteroatoms. The second kappa shape index (κ2) is 7.81. The first-order valence-corrected chi connectivity index (χ1v) is 6.04. The van der Waals surface area contributed by atoms with Crippen molar-refractivity contribution in [3.8, 4) is 0 Å². The lowest BCUT2D eigenvalue weighted by molar-refractivity contribution is -0.384. The van der Waals surface area contributed by atoms with E-state index in [0.29, 0.717) is 0 Å². The lowest BCUT2D eigenvalue weighted by Crippen LogP contribution is -2.48. The number of rotatable bonds is 8. The van der Waals surface area contributed by atoms with Gasteiger partial charge in [-0.25, -0.2) is 4.98 Å². The molecule has 0 unspecified atom stereocenters. The fourth-order valence-electron chi connectivity index (χ4n) is 1.57. The van der Waals surface area contributed by atoms with Crippen molar-refractivity contribution in [3.05, 3.63) is 28.4 Å². The van der Waals surface area contributed by atoms with Crippen LogP contribution in [-0.2, 0) is 0 Å². The quantitative estimate of drug-likeness (QED) is 0.231. The predicted molar refractivity (Wildman–Crippen MR) is 70.5 cm³/mol. The maximum atomic E-state index is 10.7. The Morgan fingerprint density at radius 1 is 1.24 bits per heavy atom. The smallest absolute Gasteiger partial charge is 0.311 e. The van der Waals surface area contributed by atoms with Gasteiger partial charge < -0.3 is 30.8 Å². The number of nitrogens with one attached hydrogen (secondary N) is 1. The van der Waals surface area contributed by atoms with E-state index in [0.717, 1.165) is 0 Å². The average Bonchev–Trinajstić information content (AvgIpc) is 2.50. The van der Waals surface area contributed by atoms with E-state index in [2.05, 4.69) is 10.3 Å². The first kappa shape index (κ1) is 17.2. The van der Waals surface area contributed by atoms with Gasteiger partial charge in [-0.1, -0.05) is 0 Å². The molecule has 1 aromatic rings. The van der Waals surface area contributed by atoms with Crippen LogP contribution in [0.5, 0.6) is 0 Å². The van der Waals surface area contributed by atoms with E-state index in [1.165, 1.54) is 18.3 Å². The van der Waals surface area contributed by atoms with E-state index >= 15 is 0 Å². The van der Waals surface area contributed by atoms with Crippen LogP contribution < -0.4 is 5.32 Å². The van der Waals surface area contributed by atoms with Crippen LogP contribution in [0.15, 0.2) is 18.3 Å². The van der Waals surface area contributed by atoms with Gasteiger partial charge in [0.15, 0.2) is 0 Å². The second-order valence-electron chi connectivity index (χ2n) is 4.31. The summed E-state index contributed by atoms with van der Waals surface area (Å²) in [6.45, 7) is -1.14. The zero-order valence-electron chi connectivity index (χ0n) is 10.9. The molecular formula is C11H17N3O7. The molecule has 10 nitrogen and oxygen atoms in total. The Labute approximate surface area is 119 Å². The second-order valence-corrected chi connectivity index (χ2v) is 4.31. The van der Waals surface area contributed by atoms with Crippen molar-refractivity contribution in [3.63, 3.8) is 0 Å². The maximum absolute atomic E-state index is 10.7. The number of pyridine rings is 1. The lowest BCUT2D eigenvalue weighted by atomic mass is 10.0. The van der Waals surface area contributed by atoms with Gasteiger partial charge in [-0.05, 0) is 6.07 Å². The highest BCUT2D eigenvalue weighted by atomic mass is 16.6. The van der Waals surface area contributed by atoms with Crippen LogP contribution in [0.25, 0.3) is 0 Å². The van der Waals surface area contributed by atoms with E-state index in [-0.39, 0.29) is 18.1 Å². The van der Waals surface area contributed by atoms with Crippen LogP contribution >= 0.6 is 0 Å². The summed E-state index contributed by atoms with van der Waals surface area (Å²) in [7, 11) is 0. The minimum absolute atomic E-state index is 0.106. The van der Waals surface area contributed by atoms with Gasteiger partial charge in [0.1, 0.15) is 18.3 Å². The summed E-state index contributed by atoms with van der Waals surface area (Å²) < 4.78 is 0. The summed E-state index contributed by atoms with van der Waals surface area (Å²) in [4.78, 5) is 13.8. The number of nitrogens with zero attached hydrogens (tertiary/aromatic N) is 2. The zero-order chi connectivity index (χ0) is 16.0. The van der Waals surface area contributed by atoms with E-state index in [4.69, 9.17) is 10.2 Å². The molecule has 0 bridgehead atoms. The molecule has 0 radical (unpaired) electrons. The van der Waals surface area contributed by atoms with Crippen molar-refractivity contribution in [2.75, 3.05) is 18.5 Å². The number of hydrogen-bond donors (Lipinski definition) is 6. The molecule has 4 atom stereocenters. The number of aliphatic hydroxyl groups excluding tert-OH is 5. The van der Waals surface area contributed by atoms with E-state index in [1.807, 2.05) is 0 Å². The van der Waals surface area contributed by atoms with Crippen LogP contribution in [-0.4, -0.2) is 73.0 Å². The average molecular weight is 303 g/mol. The molecule has 118 valence electrons. The van der Waals surface area contributed by atoms with Crippen LogP contribution in [0.2, 0.25) is 0 Å². The summed E-state index contributed by atoms with van der Waals surface area (Å²) in [6, 6.07) is 2.58. The van der Waals surface area contributed by atoms with Gasteiger partial charge in [0.05, 0.1) is 17.6 Å². The van der Waals surface area contributed by atoms with Gasteiger partial charge in [-0.3, -0.25) is 10.1 Å². The molecule has 0 aliphatic heterocycles. The Balaban J connectivity index is 2.65. The number of nitro groups is 1. The highest BCUT2D eigenvalue weighted by molar-refractivity contribution is 5.55. The SMILES string of the molecule is O=[N+]([O-])c1cccnc1NC[C@H](O)[C@@H](O)[C@H](O)[C@H](O)CO. The first-order chi connectivity index (χ1) is 9.88. The Hall–Kier alpha value is -1.85. The van der Waals surface area contributed by atoms with Gasteiger partial charge in [0, 0.05) is 18.8 Å². The molecule has 0 aromatic carbocycles. The zero-order valence-corrected chi connectivity index (χ0v) is 10.9. The molecule has 21 heavy (non-hydrogen) atoms. The predicted octanol–water partition coefficient (Wildman–Crippen LogP) is -2.16. The summed E-state index contributed by atoms with van der Waals surface area (Å²) in [5.74, 6) is -0.106. The van der Waals surface area contributed by atoms with Gasteiger partial charge in [0.2, 0.25) is 5.82 Å². The molecule has 6 N–H and O–H groups in total. The molecule has 1 heterocycles. The molecule has 1 rings (SSSR count). The van der Waals surface area contributed by atoms with Crippen molar-refractivity contribution in [1.29, 1.82) is 0 Å². The molecule has 0 fully saturated rings. The van der Waals surface area contributed by atoms with E-state index in [9.17, 15) is 25.4 Å². The Kier molecular flexibility index (Phi) is 6.39. The topological polar surface area (TPSA) is 169 Å². The summed E-state index contributed by atoms with van der Waals surface area (Å²) in [6.07, 6.45) is -5.35. The van der Waals surface area contributed by atoms with Gasteiger partial charge in [-0.15, -0.1) is 0 Å². The highest BCUT2D eigenvalue weighted by Crippen LogP contribution is 2.20. The van der Waals surface area contributed by atoms with Gasteiger partial charge in [0.25, 0.3) is 0 Å². The largest absolute Gasteiger partial charge is 0.394 e. The summed E-state index contributed by atoms with van der Waals surface area (Å²) in [5, 5.41) is 59.7. The number of aliphatic hydroxyl groups is 5. The van der Waals surface area contributed by atoms with Crippen LogP contribution in [0.3, 0.4) is 0 Å². The molecule has 0 amide bonds. The summed E-state index contributed by atoms with van der Waals surface area (Å²) >= 11 is 0. The fourth-order valence-corrected chi connectivity index (χ4v) is 1.57. The normalized spacial score (nSPS) is 16.8. The Morgan fingerprint density at radius 3 is 2.43 bits per heavy atom. The van der Waals surface area contributed by atoms with Crippen LogP contribution in [0.4, 0.5) is 11.5 Å². The fraction of sp³-hybridized carbons (Fsp3) is 0.545. The number of aromatic nitrogens is 1. The van der Waals surface area contributed by atoms with Gasteiger partial charge in [-0.2, -0.15) is 0 Å². The van der Waals surface area contributed by atoms with Crippen LogP contribution in [0, 0.1) is 10.1 Å². The highest BCUT2D eigenvalue weighted by Gasteiger charge is 2.30. The molecule has 0 saturated carbocycles. The number of anilines is 1. The third-order valence-corrected chi connectivity index (χ3v) is 2.79. The van der Waals surface area contributed by atoms with Crippen molar-refractivity contribution in [1.82, 2.24) is 4.98 Å². The van der Waals surface area contributed by atoms with Crippen LogP contribution in [0.1, 0.15) is 0 Å².